The smallest absolute Gasteiger partial charge is 0.407 e. The number of ether oxygens (including phenoxy) is 2. The van der Waals surface area contributed by atoms with Gasteiger partial charge >= 0.3 is 12.1 Å². The fourth-order valence-electron chi connectivity index (χ4n) is 4.83. The van der Waals surface area contributed by atoms with Crippen molar-refractivity contribution >= 4 is 12.1 Å². The van der Waals surface area contributed by atoms with Gasteiger partial charge in [-0.3, -0.25) is 9.63 Å². The van der Waals surface area contributed by atoms with Crippen molar-refractivity contribution in [1.29, 1.82) is 0 Å². The first kappa shape index (κ1) is 25.5. The van der Waals surface area contributed by atoms with Gasteiger partial charge in [0.15, 0.2) is 0 Å². The lowest BCUT2D eigenvalue weighted by molar-refractivity contribution is -0.168. The van der Waals surface area contributed by atoms with Crippen LogP contribution < -0.4 is 5.32 Å². The molecule has 3 rings (SSSR count). The van der Waals surface area contributed by atoms with Gasteiger partial charge in [-0.2, -0.15) is 5.06 Å². The Morgan fingerprint density at radius 2 is 1.85 bits per heavy atom. The maximum absolute atomic E-state index is 12.9. The van der Waals surface area contributed by atoms with Crippen LogP contribution in [0, 0.1) is 11.8 Å². The van der Waals surface area contributed by atoms with Gasteiger partial charge in [0.25, 0.3) is 0 Å². The Kier molecular flexibility index (Phi) is 9.15. The molecule has 3 atom stereocenters. The van der Waals surface area contributed by atoms with Gasteiger partial charge in [-0.1, -0.05) is 62.4 Å². The van der Waals surface area contributed by atoms with Gasteiger partial charge in [0, 0.05) is 13.1 Å². The highest BCUT2D eigenvalue weighted by molar-refractivity contribution is 5.74. The van der Waals surface area contributed by atoms with E-state index in [9.17, 15) is 9.59 Å². The summed E-state index contributed by atoms with van der Waals surface area (Å²) in [6.07, 6.45) is 5.73. The van der Waals surface area contributed by atoms with Crippen LogP contribution in [0.4, 0.5) is 4.79 Å². The minimum absolute atomic E-state index is 0.280. The molecule has 1 N–H and O–H groups in total. The van der Waals surface area contributed by atoms with Crippen molar-refractivity contribution in [3.63, 3.8) is 0 Å². The van der Waals surface area contributed by atoms with Gasteiger partial charge in [0.2, 0.25) is 0 Å². The second-order valence-corrected chi connectivity index (χ2v) is 10.2. The van der Waals surface area contributed by atoms with Gasteiger partial charge in [0.05, 0.1) is 12.6 Å². The molecule has 1 saturated carbocycles. The van der Waals surface area contributed by atoms with E-state index >= 15 is 0 Å². The molecule has 7 nitrogen and oxygen atoms in total. The van der Waals surface area contributed by atoms with Crippen molar-refractivity contribution in [3.8, 4) is 0 Å². The minimum Gasteiger partial charge on any atom is -0.466 e. The number of carbonyl (C=O) groups excluding carboxylic acids is 2. The van der Waals surface area contributed by atoms with E-state index in [2.05, 4.69) is 5.32 Å². The van der Waals surface area contributed by atoms with Crippen LogP contribution >= 0.6 is 0 Å². The minimum atomic E-state index is -0.601. The number of nitrogens with one attached hydrogen (secondary N) is 1. The van der Waals surface area contributed by atoms with Crippen molar-refractivity contribution in [2.24, 2.45) is 11.8 Å². The molecular weight excluding hydrogens is 420 g/mol. The Labute approximate surface area is 198 Å². The molecule has 1 aromatic rings. The van der Waals surface area contributed by atoms with Gasteiger partial charge in [0.1, 0.15) is 17.6 Å². The molecule has 0 bridgehead atoms. The molecule has 0 aromatic heterocycles. The zero-order chi connectivity index (χ0) is 23.8. The zero-order valence-electron chi connectivity index (χ0n) is 20.5. The van der Waals surface area contributed by atoms with Crippen LogP contribution in [0.3, 0.4) is 0 Å². The predicted octanol–water partition coefficient (Wildman–Crippen LogP) is 4.85. The van der Waals surface area contributed by atoms with Gasteiger partial charge < -0.3 is 14.8 Å². The molecule has 1 aromatic carbocycles. The number of carbonyl (C=O) groups is 2. The van der Waals surface area contributed by atoms with Crippen LogP contribution in [0.2, 0.25) is 0 Å². The third kappa shape index (κ3) is 8.00. The Morgan fingerprint density at radius 3 is 2.48 bits per heavy atom. The molecular formula is C26H40N2O5. The standard InChI is InChI=1S/C26H40N2O5/c1-5-31-24(29)21-18-28(17-20-14-10-7-11-15-20)33-23(21)22(16-19-12-8-6-9-13-19)27-25(30)32-26(2,3)4/h7,10-11,14-15,19,21-23H,5-6,8-9,12-13,16-18H2,1-4H3,(H,27,30)/t21?,22-,23?/m0/s1. The van der Waals surface area contributed by atoms with Crippen LogP contribution in [0.15, 0.2) is 30.3 Å². The van der Waals surface area contributed by atoms with Crippen LogP contribution in [0.5, 0.6) is 0 Å². The Bertz CT molecular complexity index is 758. The summed E-state index contributed by atoms with van der Waals surface area (Å²) in [7, 11) is 0. The lowest BCUT2D eigenvalue weighted by atomic mass is 9.82. The highest BCUT2D eigenvalue weighted by Gasteiger charge is 2.45. The predicted molar refractivity (Wildman–Crippen MR) is 126 cm³/mol. The van der Waals surface area contributed by atoms with E-state index in [1.54, 1.807) is 0 Å². The quantitative estimate of drug-likeness (QED) is 0.559. The third-order valence-electron chi connectivity index (χ3n) is 6.27. The van der Waals surface area contributed by atoms with Crippen molar-refractivity contribution in [2.45, 2.75) is 90.5 Å². The monoisotopic (exact) mass is 460 g/mol. The molecule has 1 aliphatic carbocycles. The van der Waals surface area contributed by atoms with Gasteiger partial charge in [-0.15, -0.1) is 0 Å². The van der Waals surface area contributed by atoms with E-state index in [1.165, 1.54) is 19.3 Å². The molecule has 2 unspecified atom stereocenters. The molecule has 2 aliphatic rings. The topological polar surface area (TPSA) is 77.1 Å². The van der Waals surface area contributed by atoms with Crippen molar-refractivity contribution in [2.75, 3.05) is 13.2 Å². The van der Waals surface area contributed by atoms with Gasteiger partial charge in [-0.05, 0) is 45.6 Å². The maximum Gasteiger partial charge on any atom is 0.407 e. The molecule has 1 heterocycles. The second-order valence-electron chi connectivity index (χ2n) is 10.2. The first-order valence-electron chi connectivity index (χ1n) is 12.4. The first-order valence-corrected chi connectivity index (χ1v) is 12.4. The number of benzene rings is 1. The molecule has 7 heteroatoms. The summed E-state index contributed by atoms with van der Waals surface area (Å²) in [5.74, 6) is -0.261. The summed E-state index contributed by atoms with van der Waals surface area (Å²) in [5.41, 5.74) is 0.500. The van der Waals surface area contributed by atoms with E-state index < -0.39 is 23.7 Å². The number of alkyl carbamates (subject to hydrolysis) is 1. The summed E-state index contributed by atoms with van der Waals surface area (Å²) in [6, 6.07) is 9.69. The fraction of sp³-hybridized carbons (Fsp3) is 0.692. The lowest BCUT2D eigenvalue weighted by Gasteiger charge is -2.32. The highest BCUT2D eigenvalue weighted by Crippen LogP contribution is 2.33. The van der Waals surface area contributed by atoms with Crippen LogP contribution in [0.1, 0.15) is 71.8 Å². The summed E-state index contributed by atoms with van der Waals surface area (Å²) in [6.45, 7) is 8.65. The highest BCUT2D eigenvalue weighted by atomic mass is 16.7. The Balaban J connectivity index is 1.79. The second kappa shape index (κ2) is 11.8. The Morgan fingerprint density at radius 1 is 1.15 bits per heavy atom. The lowest BCUT2D eigenvalue weighted by Crippen LogP contribution is -2.50. The van der Waals surface area contributed by atoms with E-state index in [1.807, 2.05) is 63.1 Å². The summed E-state index contributed by atoms with van der Waals surface area (Å²) < 4.78 is 10.9. The summed E-state index contributed by atoms with van der Waals surface area (Å²) in [5, 5.41) is 4.88. The van der Waals surface area contributed by atoms with Crippen LogP contribution in [-0.2, 0) is 25.7 Å². The largest absolute Gasteiger partial charge is 0.466 e. The molecule has 0 spiro atoms. The van der Waals surface area contributed by atoms with E-state index in [4.69, 9.17) is 14.3 Å². The average molecular weight is 461 g/mol. The number of hydroxylamine groups is 2. The third-order valence-corrected chi connectivity index (χ3v) is 6.27. The zero-order valence-corrected chi connectivity index (χ0v) is 20.5. The van der Waals surface area contributed by atoms with Crippen molar-refractivity contribution in [1.82, 2.24) is 10.4 Å². The van der Waals surface area contributed by atoms with Gasteiger partial charge in [-0.25, -0.2) is 4.79 Å². The van der Waals surface area contributed by atoms with Crippen molar-refractivity contribution < 1.29 is 23.9 Å². The number of nitrogens with zero attached hydrogens (tertiary/aromatic N) is 1. The number of esters is 1. The summed E-state index contributed by atoms with van der Waals surface area (Å²) in [4.78, 5) is 32.0. The van der Waals surface area contributed by atoms with Crippen molar-refractivity contribution in [3.05, 3.63) is 35.9 Å². The maximum atomic E-state index is 12.9. The summed E-state index contributed by atoms with van der Waals surface area (Å²) >= 11 is 0. The van der Waals surface area contributed by atoms with E-state index in [-0.39, 0.29) is 12.0 Å². The van der Waals surface area contributed by atoms with Crippen LogP contribution in [0.25, 0.3) is 0 Å². The molecule has 2 fully saturated rings. The normalized spacial score (nSPS) is 23.2. The molecule has 33 heavy (non-hydrogen) atoms. The van der Waals surface area contributed by atoms with Crippen LogP contribution in [-0.4, -0.2) is 48.0 Å². The molecule has 1 saturated heterocycles. The number of amides is 1. The SMILES string of the molecule is CCOC(=O)C1CN(Cc2ccccc2)OC1[C@H](CC1CCCCC1)NC(=O)OC(C)(C)C. The number of hydrogen-bond acceptors (Lipinski definition) is 6. The van der Waals surface area contributed by atoms with E-state index in [0.29, 0.717) is 25.6 Å². The average Bonchev–Trinajstić information content (AvgIpc) is 3.17. The molecule has 184 valence electrons. The molecule has 0 radical (unpaired) electrons. The number of hydrogen-bond donors (Lipinski definition) is 1. The Hall–Kier alpha value is -2.12. The number of rotatable bonds is 8. The molecule has 1 aliphatic heterocycles. The molecule has 1 amide bonds. The fourth-order valence-corrected chi connectivity index (χ4v) is 4.83. The van der Waals surface area contributed by atoms with E-state index in [0.717, 1.165) is 24.8 Å². The first-order chi connectivity index (χ1) is 15.7.